The van der Waals surface area contributed by atoms with Gasteiger partial charge in [-0.1, -0.05) is 402 Å². The fourth-order valence-corrected chi connectivity index (χ4v) is 9.40. The zero-order valence-corrected chi connectivity index (χ0v) is 81.7. The first-order valence-electron chi connectivity index (χ1n) is 43.7. The molecule has 0 aliphatic heterocycles. The Morgan fingerprint density at radius 3 is 0.664 bits per heavy atom. The minimum Gasteiger partial charge on any atom is -0.468 e. The van der Waals surface area contributed by atoms with Crippen molar-refractivity contribution in [3.8, 4) is 0 Å². The Kier molecular flexibility index (Phi) is 114. The number of benzene rings is 10. The molecule has 10 rings (SSSR count). The highest BCUT2D eigenvalue weighted by Gasteiger charge is 1.96. The number of amides is 9. The minimum absolute atomic E-state index is 0.250. The number of aryl methyl sites for hydroxylation is 3. The number of carbonyl (C=O) groups excluding carboxylic acids is 10. The Morgan fingerprint density at radius 1 is 0.292 bits per heavy atom. The number of fused-ring (bicyclic) bond motifs is 1. The van der Waals surface area contributed by atoms with Crippen LogP contribution in [-0.2, 0) is 71.9 Å². The summed E-state index contributed by atoms with van der Waals surface area (Å²) in [6.07, 6.45) is 52.4. The topological polar surface area (TPSA) is 316 Å². The molecule has 722 valence electrons. The van der Waals surface area contributed by atoms with Gasteiger partial charge in [0.15, 0.2) is 0 Å². The highest BCUT2D eigenvalue weighted by Crippen LogP contribution is 2.17. The molecule has 10 aromatic carbocycles. The number of allylic oxidation sites excluding steroid dienone is 6. The Balaban J connectivity index is -0.000000344. The lowest BCUT2D eigenvalue weighted by molar-refractivity contribution is -0.128. The maximum Gasteiger partial charge on any atom is 0.293 e. The maximum absolute atomic E-state index is 9.99. The van der Waals surface area contributed by atoms with Crippen LogP contribution in [0.25, 0.3) is 52.1 Å². The number of hydrogen-bond donors (Lipinski definition) is 1. The summed E-state index contributed by atoms with van der Waals surface area (Å²) in [6.45, 7) is 18.4. The molecule has 0 saturated carbocycles. The van der Waals surface area contributed by atoms with E-state index < -0.39 is 0 Å². The Bertz CT molecular complexity index is 4430. The fraction of sp³-hybridized carbons (Fsp3) is 0.204. The Hall–Kier alpha value is -15.7. The van der Waals surface area contributed by atoms with Gasteiger partial charge >= 0.3 is 0 Å². The van der Waals surface area contributed by atoms with Gasteiger partial charge in [-0.05, 0) is 119 Å². The smallest absolute Gasteiger partial charge is 0.293 e. The third-order valence-corrected chi connectivity index (χ3v) is 15.0. The summed E-state index contributed by atoms with van der Waals surface area (Å²) in [5.74, 6) is 1.81. The van der Waals surface area contributed by atoms with Crippen molar-refractivity contribution < 1.29 is 62.2 Å². The second-order valence-electron chi connectivity index (χ2n) is 24.6. The number of rotatable bonds is 38. The second-order valence-corrected chi connectivity index (χ2v) is 24.6. The van der Waals surface area contributed by atoms with Gasteiger partial charge in [-0.15, -0.1) is 0 Å². The first-order valence-corrected chi connectivity index (χ1v) is 45.3. The van der Waals surface area contributed by atoms with Crippen LogP contribution in [0.2, 0.25) is 0 Å². The van der Waals surface area contributed by atoms with Crippen LogP contribution in [0.4, 0.5) is 4.39 Å². The van der Waals surface area contributed by atoms with Gasteiger partial charge in [-0.3, -0.25) is 52.3 Å². The first-order chi connectivity index (χ1) is 67.6. The van der Waals surface area contributed by atoms with Crippen molar-refractivity contribution in [2.75, 3.05) is 33.3 Å². The molecule has 0 radical (unpaired) electrons. The molecule has 0 saturated heterocycles. The molecular formula is C113H134BrFN10O12. The zero-order chi connectivity index (χ0) is 102. The molecule has 24 heteroatoms. The molecule has 22 nitrogen and oxygen atoms in total. The van der Waals surface area contributed by atoms with E-state index in [0.29, 0.717) is 116 Å². The number of aliphatic hydroxyl groups excluding tert-OH is 1. The van der Waals surface area contributed by atoms with E-state index in [2.05, 4.69) is 125 Å². The number of ether oxygens (including phenoxy) is 1. The lowest BCUT2D eigenvalue weighted by Gasteiger charge is -2.01. The molecule has 0 bridgehead atoms. The van der Waals surface area contributed by atoms with Crippen molar-refractivity contribution in [2.24, 2.45) is 44.9 Å². The van der Waals surface area contributed by atoms with Crippen LogP contribution >= 0.6 is 15.9 Å². The average molecular weight is 1920 g/mol. The van der Waals surface area contributed by atoms with Gasteiger partial charge in [-0.25, -0.2) is 51.5 Å². The lowest BCUT2D eigenvalue weighted by Crippen LogP contribution is -1.86. The van der Waals surface area contributed by atoms with Gasteiger partial charge in [0.25, 0.3) is 6.47 Å². The van der Waals surface area contributed by atoms with E-state index in [9.17, 15) is 52.3 Å². The van der Waals surface area contributed by atoms with Crippen molar-refractivity contribution in [1.82, 2.24) is 0 Å². The van der Waals surface area contributed by atoms with E-state index in [1.54, 1.807) is 69.8 Å². The van der Waals surface area contributed by atoms with Crippen molar-refractivity contribution in [3.63, 3.8) is 0 Å². The maximum atomic E-state index is 9.99. The van der Waals surface area contributed by atoms with Gasteiger partial charge in [0.05, 0.1) is 13.8 Å². The number of nitrogens with zero attached hydrogens (tertiary/aromatic N) is 10. The standard InChI is InChI=1S/C14H13NO.6C11H11NO.2C10H11NO.C3H6O2.C2H3N.C2H6O.2C2H6.CH3Br.CH3F/c16-11-15-9-3-4-12-7-8-13-5-1-2-6-14(13)10-12;6*13-10-12-9-5-4-8-11-6-2-1-3-7-11;2*12-9-11-8-4-7-10-5-2-1-3-6-10;1-2-5-3-4;1-3-2;1-2-3;4*1-2/h1-2,5-11H,3-4H2;6*1-4,6-10H,5H2;2*1-3,5-6,8-9H,4,7H2;3H,2H2,1H3;1H3;3H,2H2,1H3;2*1-2H3;2*1H3/b;6*8-4+,12-9?;;;;;;;;;. The molecule has 1 N–H and O–H groups in total. The summed E-state index contributed by atoms with van der Waals surface area (Å²) in [5, 5.41) is 10.1. The molecule has 137 heavy (non-hydrogen) atoms. The van der Waals surface area contributed by atoms with Gasteiger partial charge in [0.2, 0.25) is 64.7 Å². The highest BCUT2D eigenvalue weighted by molar-refractivity contribution is 9.08. The molecule has 0 aromatic heterocycles. The van der Waals surface area contributed by atoms with Crippen LogP contribution in [-0.4, -0.2) is 158 Å². The number of hydrogen-bond acceptors (Lipinski definition) is 12. The molecular weight excluding hydrogens is 1790 g/mol. The van der Waals surface area contributed by atoms with E-state index in [4.69, 9.17) is 11.7 Å². The van der Waals surface area contributed by atoms with E-state index in [0.717, 1.165) is 71.9 Å². The third kappa shape index (κ3) is 99.2. The number of aliphatic imine (C=N–C) groups is 9. The molecule has 0 unspecified atom stereocenters. The van der Waals surface area contributed by atoms with Crippen LogP contribution in [0.1, 0.15) is 149 Å². The predicted octanol–water partition coefficient (Wildman–Crippen LogP) is 25.0. The van der Waals surface area contributed by atoms with Crippen LogP contribution in [0, 0.1) is 6.57 Å². The number of halogens is 2. The van der Waals surface area contributed by atoms with Gasteiger partial charge < -0.3 is 14.7 Å². The largest absolute Gasteiger partial charge is 0.468 e. The van der Waals surface area contributed by atoms with Gasteiger partial charge in [0.1, 0.15) is 0 Å². The Labute approximate surface area is 820 Å². The first kappa shape index (κ1) is 132. The third-order valence-electron chi connectivity index (χ3n) is 15.0. The fourth-order valence-electron chi connectivity index (χ4n) is 9.40. The van der Waals surface area contributed by atoms with Gasteiger partial charge in [0, 0.05) is 101 Å². The number of alkyl halides is 2. The predicted molar refractivity (Wildman–Crippen MR) is 581 cm³/mol. The van der Waals surface area contributed by atoms with E-state index in [-0.39, 0.29) is 6.61 Å². The van der Waals surface area contributed by atoms with Crippen molar-refractivity contribution >= 4 is 183 Å². The molecule has 0 aliphatic rings. The molecule has 0 heterocycles. The molecule has 0 aliphatic carbocycles. The number of carbonyl (C=O) groups is 10. The SMILES string of the molecule is CBr.CC.CC.CCO.CCOC=O.CF.O=CN=CC/C=C/c1ccccc1.O=CN=CC/C=C/c1ccccc1.O=CN=CC/C=C/c1ccccc1.O=CN=CC/C=C/c1ccccc1.O=CN=CC/C=C/c1ccccc1.O=CN=CC/C=C/c1ccccc1.O=CN=CCCc1ccc2ccccc2c1.O=CN=CCCc1ccccc1.O=CN=CCCc1ccccc1.[C-]#[N+]C. The summed E-state index contributed by atoms with van der Waals surface area (Å²) < 4.78 is 13.7. The summed E-state index contributed by atoms with van der Waals surface area (Å²) >= 11 is 2.94. The zero-order valence-electron chi connectivity index (χ0n) is 80.1. The normalized spacial score (nSPS) is 10.0. The summed E-state index contributed by atoms with van der Waals surface area (Å²) in [5.41, 5.74) is 10.7. The molecule has 0 atom stereocenters. The highest BCUT2D eigenvalue weighted by atomic mass is 79.9. The van der Waals surface area contributed by atoms with Crippen LogP contribution in [0.15, 0.2) is 367 Å². The monoisotopic (exact) mass is 1920 g/mol. The second kappa shape index (κ2) is 118. The Morgan fingerprint density at radius 2 is 0.474 bits per heavy atom. The molecule has 9 amide bonds. The van der Waals surface area contributed by atoms with Crippen LogP contribution < -0.4 is 0 Å². The molecule has 0 spiro atoms. The minimum atomic E-state index is 0.250. The summed E-state index contributed by atoms with van der Waals surface area (Å²) in [6, 6.07) is 94.9. The van der Waals surface area contributed by atoms with Crippen LogP contribution in [0.3, 0.4) is 0 Å². The molecule has 10 aromatic rings. The summed E-state index contributed by atoms with van der Waals surface area (Å²) in [4.78, 5) is 132. The quantitative estimate of drug-likeness (QED) is 0.0163. The van der Waals surface area contributed by atoms with Gasteiger partial charge in [-0.2, -0.15) is 0 Å². The van der Waals surface area contributed by atoms with E-state index >= 15 is 0 Å². The lowest BCUT2D eigenvalue weighted by atomic mass is 10.0. The van der Waals surface area contributed by atoms with Crippen molar-refractivity contribution in [3.05, 3.63) is 383 Å². The van der Waals surface area contributed by atoms with E-state index in [1.165, 1.54) is 34.5 Å². The average Bonchev–Trinajstić information content (AvgIpc) is 0.844. The molecule has 0 fully saturated rings. The number of aliphatic hydroxyl groups is 1. The van der Waals surface area contributed by atoms with Crippen molar-refractivity contribution in [2.45, 2.75) is 119 Å². The summed E-state index contributed by atoms with van der Waals surface area (Å²) in [7, 11) is 1.92. The van der Waals surface area contributed by atoms with Crippen LogP contribution in [0.5, 0.6) is 0 Å². The van der Waals surface area contributed by atoms with Crippen molar-refractivity contribution in [1.29, 1.82) is 0 Å². The van der Waals surface area contributed by atoms with E-state index in [1.807, 2.05) is 337 Å².